The predicted molar refractivity (Wildman–Crippen MR) is 106 cm³/mol. The highest BCUT2D eigenvalue weighted by atomic mass is 16.2. The molecule has 1 heterocycles. The minimum atomic E-state index is 0.229. The Labute approximate surface area is 155 Å². The number of hydrogen-bond donors (Lipinski definition) is 1. The van der Waals surface area contributed by atoms with Crippen molar-refractivity contribution in [2.75, 3.05) is 29.9 Å². The van der Waals surface area contributed by atoms with Gasteiger partial charge in [0, 0.05) is 36.5 Å². The molecule has 0 unspecified atom stereocenters. The molecule has 1 aliphatic carbocycles. The number of carbonyl (C=O) groups is 1. The SMILES string of the molecule is O=C1CN([C@H]2CC[C@H](Nc3ccccc3)CC2)CCN1c1ccccc1. The van der Waals surface area contributed by atoms with Crippen LogP contribution in [0.2, 0.25) is 0 Å². The van der Waals surface area contributed by atoms with E-state index >= 15 is 0 Å². The summed E-state index contributed by atoms with van der Waals surface area (Å²) in [7, 11) is 0. The fourth-order valence-electron chi connectivity index (χ4n) is 4.24. The van der Waals surface area contributed by atoms with Crippen molar-refractivity contribution in [1.29, 1.82) is 0 Å². The number of anilines is 2. The molecule has 136 valence electrons. The van der Waals surface area contributed by atoms with Crippen molar-refractivity contribution in [3.8, 4) is 0 Å². The van der Waals surface area contributed by atoms with Crippen LogP contribution in [0.1, 0.15) is 25.7 Å². The van der Waals surface area contributed by atoms with E-state index in [1.165, 1.54) is 31.4 Å². The molecule has 2 fully saturated rings. The molecule has 1 saturated heterocycles. The first-order valence-electron chi connectivity index (χ1n) is 9.70. The van der Waals surface area contributed by atoms with E-state index in [2.05, 4.69) is 34.5 Å². The summed E-state index contributed by atoms with van der Waals surface area (Å²) in [4.78, 5) is 17.0. The largest absolute Gasteiger partial charge is 0.382 e. The summed E-state index contributed by atoms with van der Waals surface area (Å²) in [5, 5.41) is 3.65. The van der Waals surface area contributed by atoms with Gasteiger partial charge in [0.2, 0.25) is 5.91 Å². The standard InChI is InChI=1S/C22H27N3O/c26-22-17-24(15-16-25(22)21-9-5-2-6-10-21)20-13-11-19(12-14-20)23-18-7-3-1-4-8-18/h1-10,19-20,23H,11-17H2/t19-,20-. The number of nitrogens with one attached hydrogen (secondary N) is 1. The van der Waals surface area contributed by atoms with E-state index in [0.29, 0.717) is 18.6 Å². The van der Waals surface area contributed by atoms with Gasteiger partial charge in [0.1, 0.15) is 0 Å². The van der Waals surface area contributed by atoms with E-state index < -0.39 is 0 Å². The van der Waals surface area contributed by atoms with E-state index in [9.17, 15) is 4.79 Å². The van der Waals surface area contributed by atoms with Gasteiger partial charge < -0.3 is 10.2 Å². The third-order valence-corrected chi connectivity index (χ3v) is 5.68. The topological polar surface area (TPSA) is 35.6 Å². The van der Waals surface area contributed by atoms with Gasteiger partial charge in [0.25, 0.3) is 0 Å². The average molecular weight is 349 g/mol. The van der Waals surface area contributed by atoms with Gasteiger partial charge in [-0.3, -0.25) is 9.69 Å². The zero-order valence-corrected chi connectivity index (χ0v) is 15.2. The second-order valence-corrected chi connectivity index (χ2v) is 7.37. The molecule has 4 nitrogen and oxygen atoms in total. The number of rotatable bonds is 4. The number of amides is 1. The Morgan fingerprint density at radius 1 is 0.808 bits per heavy atom. The maximum Gasteiger partial charge on any atom is 0.241 e. The molecule has 1 saturated carbocycles. The van der Waals surface area contributed by atoms with Crippen molar-refractivity contribution in [2.45, 2.75) is 37.8 Å². The molecule has 2 aromatic rings. The summed E-state index contributed by atoms with van der Waals surface area (Å²) >= 11 is 0. The molecule has 2 aliphatic rings. The van der Waals surface area contributed by atoms with Crippen LogP contribution in [0.15, 0.2) is 60.7 Å². The van der Waals surface area contributed by atoms with E-state index in [1.54, 1.807) is 0 Å². The van der Waals surface area contributed by atoms with Crippen LogP contribution in [0.3, 0.4) is 0 Å². The van der Waals surface area contributed by atoms with Crippen LogP contribution in [0, 0.1) is 0 Å². The summed E-state index contributed by atoms with van der Waals surface area (Å²) in [5.74, 6) is 0.229. The first-order chi connectivity index (χ1) is 12.8. The van der Waals surface area contributed by atoms with Crippen molar-refractivity contribution in [1.82, 2.24) is 4.90 Å². The maximum absolute atomic E-state index is 12.6. The Hall–Kier alpha value is -2.33. The van der Waals surface area contributed by atoms with Crippen LogP contribution in [0.5, 0.6) is 0 Å². The molecule has 26 heavy (non-hydrogen) atoms. The summed E-state index contributed by atoms with van der Waals surface area (Å²) in [5.41, 5.74) is 2.23. The minimum Gasteiger partial charge on any atom is -0.382 e. The minimum absolute atomic E-state index is 0.229. The van der Waals surface area contributed by atoms with Crippen LogP contribution in [-0.2, 0) is 4.79 Å². The quantitative estimate of drug-likeness (QED) is 0.913. The highest BCUT2D eigenvalue weighted by molar-refractivity contribution is 5.95. The van der Waals surface area contributed by atoms with Gasteiger partial charge in [-0.15, -0.1) is 0 Å². The number of nitrogens with zero attached hydrogens (tertiary/aromatic N) is 2. The second kappa shape index (κ2) is 7.92. The number of carbonyl (C=O) groups excluding carboxylic acids is 1. The van der Waals surface area contributed by atoms with Crippen molar-refractivity contribution in [3.05, 3.63) is 60.7 Å². The van der Waals surface area contributed by atoms with Crippen molar-refractivity contribution < 1.29 is 4.79 Å². The second-order valence-electron chi connectivity index (χ2n) is 7.37. The first kappa shape index (κ1) is 17.1. The maximum atomic E-state index is 12.6. The molecule has 1 N–H and O–H groups in total. The lowest BCUT2D eigenvalue weighted by Crippen LogP contribution is -2.54. The van der Waals surface area contributed by atoms with Gasteiger partial charge in [-0.1, -0.05) is 36.4 Å². The lowest BCUT2D eigenvalue weighted by atomic mass is 9.89. The van der Waals surface area contributed by atoms with E-state index in [0.717, 1.165) is 18.8 Å². The molecule has 1 amide bonds. The molecule has 4 heteroatoms. The van der Waals surface area contributed by atoms with E-state index in [-0.39, 0.29) is 5.91 Å². The smallest absolute Gasteiger partial charge is 0.241 e. The molecule has 2 aromatic carbocycles. The summed E-state index contributed by atoms with van der Waals surface area (Å²) in [6, 6.07) is 21.6. The monoisotopic (exact) mass is 349 g/mol. The van der Waals surface area contributed by atoms with Gasteiger partial charge >= 0.3 is 0 Å². The number of hydrogen-bond acceptors (Lipinski definition) is 3. The van der Waals surface area contributed by atoms with Crippen LogP contribution in [0.25, 0.3) is 0 Å². The molecule has 1 aliphatic heterocycles. The molecule has 0 spiro atoms. The van der Waals surface area contributed by atoms with Crippen molar-refractivity contribution >= 4 is 17.3 Å². The van der Waals surface area contributed by atoms with Gasteiger partial charge in [-0.05, 0) is 49.9 Å². The molecule has 0 aromatic heterocycles. The zero-order chi connectivity index (χ0) is 17.8. The lowest BCUT2D eigenvalue weighted by molar-refractivity contribution is -0.122. The van der Waals surface area contributed by atoms with Crippen molar-refractivity contribution in [3.63, 3.8) is 0 Å². The Bertz CT molecular complexity index is 711. The number of para-hydroxylation sites is 2. The molecular weight excluding hydrogens is 322 g/mol. The van der Waals surface area contributed by atoms with E-state index in [1.807, 2.05) is 41.3 Å². The molecular formula is C22H27N3O. The van der Waals surface area contributed by atoms with Crippen molar-refractivity contribution in [2.24, 2.45) is 0 Å². The number of piperazine rings is 1. The fraction of sp³-hybridized carbons (Fsp3) is 0.409. The normalized spacial score (nSPS) is 24.5. The Morgan fingerprint density at radius 3 is 2.12 bits per heavy atom. The number of benzene rings is 2. The van der Waals surface area contributed by atoms with Gasteiger partial charge in [0.15, 0.2) is 0 Å². The third kappa shape index (κ3) is 3.91. The van der Waals surface area contributed by atoms with Crippen LogP contribution >= 0.6 is 0 Å². The molecule has 0 radical (unpaired) electrons. The molecule has 4 rings (SSSR count). The molecule has 0 atom stereocenters. The van der Waals surface area contributed by atoms with Crippen LogP contribution < -0.4 is 10.2 Å². The average Bonchev–Trinajstić information content (AvgIpc) is 2.70. The van der Waals surface area contributed by atoms with Crippen LogP contribution in [0.4, 0.5) is 11.4 Å². The van der Waals surface area contributed by atoms with Gasteiger partial charge in [-0.2, -0.15) is 0 Å². The Morgan fingerprint density at radius 2 is 1.46 bits per heavy atom. The van der Waals surface area contributed by atoms with Gasteiger partial charge in [0.05, 0.1) is 6.54 Å². The zero-order valence-electron chi connectivity index (χ0n) is 15.2. The predicted octanol–water partition coefficient (Wildman–Crippen LogP) is 3.76. The highest BCUT2D eigenvalue weighted by Gasteiger charge is 2.32. The Kier molecular flexibility index (Phi) is 5.21. The third-order valence-electron chi connectivity index (χ3n) is 5.68. The summed E-state index contributed by atoms with van der Waals surface area (Å²) in [6.45, 7) is 2.32. The Balaban J connectivity index is 1.28. The van der Waals surface area contributed by atoms with Crippen LogP contribution in [-0.4, -0.2) is 42.5 Å². The van der Waals surface area contributed by atoms with Gasteiger partial charge in [-0.25, -0.2) is 0 Å². The molecule has 0 bridgehead atoms. The summed E-state index contributed by atoms with van der Waals surface area (Å²) < 4.78 is 0. The summed E-state index contributed by atoms with van der Waals surface area (Å²) in [6.07, 6.45) is 4.69. The highest BCUT2D eigenvalue weighted by Crippen LogP contribution is 2.27. The van der Waals surface area contributed by atoms with E-state index in [4.69, 9.17) is 0 Å². The fourth-order valence-corrected chi connectivity index (χ4v) is 4.24. The first-order valence-corrected chi connectivity index (χ1v) is 9.70. The lowest BCUT2D eigenvalue weighted by Gasteiger charge is -2.41.